The summed E-state index contributed by atoms with van der Waals surface area (Å²) in [4.78, 5) is 28.0. The SMILES string of the molecule is Cc1cc(C)c(C(=O)OCC(=O)Nc2ccc(C)c(Cl)c2)c(Cl)n1. The van der Waals surface area contributed by atoms with Crippen LogP contribution in [0, 0.1) is 20.8 Å². The van der Waals surface area contributed by atoms with Gasteiger partial charge in [-0.25, -0.2) is 9.78 Å². The van der Waals surface area contributed by atoms with Crippen molar-refractivity contribution in [3.63, 3.8) is 0 Å². The molecule has 24 heavy (non-hydrogen) atoms. The quantitative estimate of drug-likeness (QED) is 0.652. The Kier molecular flexibility index (Phi) is 5.80. The molecule has 1 aromatic heterocycles. The normalized spacial score (nSPS) is 10.4. The lowest BCUT2D eigenvalue weighted by Gasteiger charge is -2.10. The molecule has 0 saturated carbocycles. The summed E-state index contributed by atoms with van der Waals surface area (Å²) in [5, 5.41) is 3.20. The Hall–Kier alpha value is -2.11. The number of aromatic nitrogens is 1. The van der Waals surface area contributed by atoms with Crippen LogP contribution >= 0.6 is 23.2 Å². The third-order valence-corrected chi connectivity index (χ3v) is 3.98. The van der Waals surface area contributed by atoms with E-state index in [2.05, 4.69) is 10.3 Å². The summed E-state index contributed by atoms with van der Waals surface area (Å²) >= 11 is 12.0. The van der Waals surface area contributed by atoms with Crippen LogP contribution in [0.1, 0.15) is 27.2 Å². The molecule has 2 aromatic rings. The van der Waals surface area contributed by atoms with E-state index in [9.17, 15) is 9.59 Å². The lowest BCUT2D eigenvalue weighted by Crippen LogP contribution is -2.21. The van der Waals surface area contributed by atoms with Crippen LogP contribution in [-0.4, -0.2) is 23.5 Å². The summed E-state index contributed by atoms with van der Waals surface area (Å²) in [5.74, 6) is -1.17. The molecule has 5 nitrogen and oxygen atoms in total. The zero-order chi connectivity index (χ0) is 17.9. The number of pyridine rings is 1. The number of benzene rings is 1. The number of nitrogens with zero attached hydrogens (tertiary/aromatic N) is 1. The van der Waals surface area contributed by atoms with Gasteiger partial charge in [-0.05, 0) is 50.1 Å². The highest BCUT2D eigenvalue weighted by atomic mass is 35.5. The molecule has 0 aliphatic rings. The van der Waals surface area contributed by atoms with E-state index >= 15 is 0 Å². The molecule has 0 atom stereocenters. The third-order valence-electron chi connectivity index (χ3n) is 3.29. The van der Waals surface area contributed by atoms with Gasteiger partial charge in [-0.15, -0.1) is 0 Å². The first-order valence-electron chi connectivity index (χ1n) is 7.15. The molecule has 1 aromatic carbocycles. The number of aryl methyl sites for hydroxylation is 3. The number of hydrogen-bond acceptors (Lipinski definition) is 4. The van der Waals surface area contributed by atoms with Gasteiger partial charge in [0.05, 0.1) is 5.56 Å². The topological polar surface area (TPSA) is 68.3 Å². The molecule has 0 aliphatic carbocycles. The van der Waals surface area contributed by atoms with Crippen molar-refractivity contribution in [2.24, 2.45) is 0 Å². The lowest BCUT2D eigenvalue weighted by atomic mass is 10.1. The second kappa shape index (κ2) is 7.64. The smallest absolute Gasteiger partial charge is 0.342 e. The number of nitrogens with one attached hydrogen (secondary N) is 1. The van der Waals surface area contributed by atoms with Crippen molar-refractivity contribution in [1.82, 2.24) is 4.98 Å². The van der Waals surface area contributed by atoms with Crippen molar-refractivity contribution in [3.05, 3.63) is 56.8 Å². The maximum Gasteiger partial charge on any atom is 0.342 e. The Morgan fingerprint density at radius 3 is 2.46 bits per heavy atom. The lowest BCUT2D eigenvalue weighted by molar-refractivity contribution is -0.119. The molecule has 0 saturated heterocycles. The number of anilines is 1. The predicted molar refractivity (Wildman–Crippen MR) is 93.8 cm³/mol. The fourth-order valence-electron chi connectivity index (χ4n) is 2.11. The van der Waals surface area contributed by atoms with Crippen LogP contribution in [-0.2, 0) is 9.53 Å². The van der Waals surface area contributed by atoms with Gasteiger partial charge in [-0.3, -0.25) is 4.79 Å². The van der Waals surface area contributed by atoms with Crippen molar-refractivity contribution in [2.45, 2.75) is 20.8 Å². The summed E-state index contributed by atoms with van der Waals surface area (Å²) in [6.45, 7) is 4.92. The number of amides is 1. The average Bonchev–Trinajstić information content (AvgIpc) is 2.48. The molecule has 7 heteroatoms. The molecule has 0 bridgehead atoms. The molecule has 0 fully saturated rings. The average molecular weight is 367 g/mol. The zero-order valence-corrected chi connectivity index (χ0v) is 15.0. The molecule has 1 amide bonds. The van der Waals surface area contributed by atoms with E-state index in [0.717, 1.165) is 5.56 Å². The van der Waals surface area contributed by atoms with E-state index in [-0.39, 0.29) is 10.7 Å². The van der Waals surface area contributed by atoms with Gasteiger partial charge < -0.3 is 10.1 Å². The van der Waals surface area contributed by atoms with Gasteiger partial charge in [-0.1, -0.05) is 29.3 Å². The number of esters is 1. The van der Waals surface area contributed by atoms with Crippen molar-refractivity contribution in [2.75, 3.05) is 11.9 Å². The summed E-state index contributed by atoms with van der Waals surface area (Å²) in [5.41, 5.74) is 2.93. The first-order valence-corrected chi connectivity index (χ1v) is 7.90. The van der Waals surface area contributed by atoms with Gasteiger partial charge in [-0.2, -0.15) is 0 Å². The monoisotopic (exact) mass is 366 g/mol. The predicted octanol–water partition coefficient (Wildman–Crippen LogP) is 4.11. The van der Waals surface area contributed by atoms with E-state index < -0.39 is 18.5 Å². The van der Waals surface area contributed by atoms with E-state index in [1.165, 1.54) is 0 Å². The second-order valence-corrected chi connectivity index (χ2v) is 6.10. The molecule has 0 aliphatic heterocycles. The van der Waals surface area contributed by atoms with E-state index in [1.807, 2.05) is 6.92 Å². The zero-order valence-electron chi connectivity index (χ0n) is 13.4. The molecule has 0 unspecified atom stereocenters. The summed E-state index contributed by atoms with van der Waals surface area (Å²) in [6, 6.07) is 6.84. The summed E-state index contributed by atoms with van der Waals surface area (Å²) < 4.78 is 5.01. The number of halogens is 2. The van der Waals surface area contributed by atoms with Crippen LogP contribution in [0.25, 0.3) is 0 Å². The fraction of sp³-hybridized carbons (Fsp3) is 0.235. The molecule has 1 heterocycles. The minimum atomic E-state index is -0.693. The van der Waals surface area contributed by atoms with Crippen molar-refractivity contribution in [3.8, 4) is 0 Å². The molecular weight excluding hydrogens is 351 g/mol. The molecule has 1 N–H and O–H groups in total. The Morgan fingerprint density at radius 2 is 1.83 bits per heavy atom. The van der Waals surface area contributed by atoms with Crippen molar-refractivity contribution in [1.29, 1.82) is 0 Å². The largest absolute Gasteiger partial charge is 0.452 e. The Labute approximate surface area is 149 Å². The highest BCUT2D eigenvalue weighted by Gasteiger charge is 2.18. The molecule has 0 spiro atoms. The third kappa shape index (κ3) is 4.46. The number of carbonyl (C=O) groups excluding carboxylic acids is 2. The van der Waals surface area contributed by atoms with Crippen LogP contribution in [0.4, 0.5) is 5.69 Å². The standard InChI is InChI=1S/C17H16Cl2N2O3/c1-9-4-5-12(7-13(9)18)21-14(22)8-24-17(23)15-10(2)6-11(3)20-16(15)19/h4-7H,8H2,1-3H3,(H,21,22). The van der Waals surface area contributed by atoms with Gasteiger partial charge in [0, 0.05) is 16.4 Å². The minimum Gasteiger partial charge on any atom is -0.452 e. The van der Waals surface area contributed by atoms with Crippen molar-refractivity contribution >= 4 is 40.8 Å². The molecule has 2 rings (SSSR count). The molecular formula is C17H16Cl2N2O3. The minimum absolute atomic E-state index is 0.0585. The Balaban J connectivity index is 1.99. The number of rotatable bonds is 4. The van der Waals surface area contributed by atoms with Gasteiger partial charge in [0.1, 0.15) is 5.15 Å². The highest BCUT2D eigenvalue weighted by molar-refractivity contribution is 6.32. The first-order chi connectivity index (χ1) is 11.3. The Bertz CT molecular complexity index is 783. The first kappa shape index (κ1) is 18.2. The molecule has 0 radical (unpaired) electrons. The maximum atomic E-state index is 12.1. The second-order valence-electron chi connectivity index (χ2n) is 5.33. The number of carbonyl (C=O) groups is 2. The van der Waals surface area contributed by atoms with Gasteiger partial charge in [0.25, 0.3) is 5.91 Å². The van der Waals surface area contributed by atoms with Crippen LogP contribution in [0.2, 0.25) is 10.2 Å². The maximum absolute atomic E-state index is 12.1. The van der Waals surface area contributed by atoms with E-state index in [0.29, 0.717) is 22.0 Å². The number of ether oxygens (including phenoxy) is 1. The van der Waals surface area contributed by atoms with Crippen LogP contribution in [0.5, 0.6) is 0 Å². The van der Waals surface area contributed by atoms with Gasteiger partial charge in [0.15, 0.2) is 6.61 Å². The summed E-state index contributed by atoms with van der Waals surface area (Å²) in [6.07, 6.45) is 0. The van der Waals surface area contributed by atoms with Crippen LogP contribution in [0.3, 0.4) is 0 Å². The van der Waals surface area contributed by atoms with Gasteiger partial charge >= 0.3 is 5.97 Å². The fourth-order valence-corrected chi connectivity index (χ4v) is 2.65. The highest BCUT2D eigenvalue weighted by Crippen LogP contribution is 2.21. The van der Waals surface area contributed by atoms with Crippen LogP contribution in [0.15, 0.2) is 24.3 Å². The van der Waals surface area contributed by atoms with Gasteiger partial charge in [0.2, 0.25) is 0 Å². The Morgan fingerprint density at radius 1 is 1.12 bits per heavy atom. The molecule has 126 valence electrons. The van der Waals surface area contributed by atoms with Crippen molar-refractivity contribution < 1.29 is 14.3 Å². The van der Waals surface area contributed by atoms with Crippen LogP contribution < -0.4 is 5.32 Å². The van der Waals surface area contributed by atoms with E-state index in [1.54, 1.807) is 38.1 Å². The summed E-state index contributed by atoms with van der Waals surface area (Å²) in [7, 11) is 0. The number of hydrogen-bond donors (Lipinski definition) is 1. The van der Waals surface area contributed by atoms with E-state index in [4.69, 9.17) is 27.9 Å².